The molecule has 1 aromatic rings. The van der Waals surface area contributed by atoms with Gasteiger partial charge in [-0.25, -0.2) is 0 Å². The molecule has 0 saturated carbocycles. The van der Waals surface area contributed by atoms with Crippen molar-refractivity contribution >= 4 is 17.5 Å². The van der Waals surface area contributed by atoms with E-state index < -0.39 is 24.0 Å². The number of hydrogen-bond acceptors (Lipinski definition) is 4. The molecule has 0 aliphatic heterocycles. The molecule has 0 spiro atoms. The molecule has 0 unspecified atom stereocenters. The summed E-state index contributed by atoms with van der Waals surface area (Å²) in [6, 6.07) is 2.91. The Kier molecular flexibility index (Phi) is 3.06. The van der Waals surface area contributed by atoms with Crippen LogP contribution in [0.1, 0.15) is 16.8 Å². The summed E-state index contributed by atoms with van der Waals surface area (Å²) in [5.41, 5.74) is 0.110. The average Bonchev–Trinajstić information content (AvgIpc) is 2.17. The minimum Gasteiger partial charge on any atom is -0.481 e. The fraction of sp³-hybridized carbons (Fsp3) is 0.111. The highest BCUT2D eigenvalue weighted by molar-refractivity contribution is 6.45. The van der Waals surface area contributed by atoms with Crippen molar-refractivity contribution in [1.82, 2.24) is 4.98 Å². The molecule has 1 rings (SSSR count). The van der Waals surface area contributed by atoms with Gasteiger partial charge in [-0.2, -0.15) is 0 Å². The van der Waals surface area contributed by atoms with Gasteiger partial charge in [-0.3, -0.25) is 19.4 Å². The lowest BCUT2D eigenvalue weighted by Crippen LogP contribution is -2.17. The van der Waals surface area contributed by atoms with E-state index in [0.29, 0.717) is 0 Å². The van der Waals surface area contributed by atoms with Crippen LogP contribution in [0.2, 0.25) is 0 Å². The van der Waals surface area contributed by atoms with Gasteiger partial charge in [0.15, 0.2) is 0 Å². The monoisotopic (exact) mass is 193 g/mol. The molecule has 1 aromatic heterocycles. The van der Waals surface area contributed by atoms with Crippen molar-refractivity contribution in [1.29, 1.82) is 0 Å². The molecule has 0 bridgehead atoms. The highest BCUT2D eigenvalue weighted by Gasteiger charge is 2.18. The lowest BCUT2D eigenvalue weighted by atomic mass is 10.1. The van der Waals surface area contributed by atoms with E-state index >= 15 is 0 Å². The van der Waals surface area contributed by atoms with Gasteiger partial charge in [0.25, 0.3) is 0 Å². The number of hydrogen-bond donors (Lipinski definition) is 1. The number of carboxylic acids is 1. The Hall–Kier alpha value is -2.04. The fourth-order valence-corrected chi connectivity index (χ4v) is 0.876. The van der Waals surface area contributed by atoms with Crippen LogP contribution in [-0.4, -0.2) is 27.6 Å². The highest BCUT2D eigenvalue weighted by atomic mass is 16.4. The van der Waals surface area contributed by atoms with Crippen LogP contribution in [0.5, 0.6) is 0 Å². The summed E-state index contributed by atoms with van der Waals surface area (Å²) < 4.78 is 0. The smallest absolute Gasteiger partial charge is 0.311 e. The molecule has 1 heterocycles. The topological polar surface area (TPSA) is 84.3 Å². The summed E-state index contributed by atoms with van der Waals surface area (Å²) in [4.78, 5) is 36.0. The van der Waals surface area contributed by atoms with Gasteiger partial charge in [-0.1, -0.05) is 0 Å². The van der Waals surface area contributed by atoms with E-state index in [-0.39, 0.29) is 5.56 Å². The molecule has 14 heavy (non-hydrogen) atoms. The second-order valence-corrected chi connectivity index (χ2v) is 2.56. The van der Waals surface area contributed by atoms with Crippen molar-refractivity contribution in [3.05, 3.63) is 30.1 Å². The largest absolute Gasteiger partial charge is 0.481 e. The number of Topliss-reactive ketones (excluding diaryl/α,β-unsaturated/α-hetero) is 2. The summed E-state index contributed by atoms with van der Waals surface area (Å²) in [6.07, 6.45) is 1.90. The number of carboxylic acid groups (broad SMARTS) is 1. The van der Waals surface area contributed by atoms with Crippen LogP contribution in [0.4, 0.5) is 0 Å². The van der Waals surface area contributed by atoms with Gasteiger partial charge in [-0.05, 0) is 12.1 Å². The van der Waals surface area contributed by atoms with Gasteiger partial charge in [0.1, 0.15) is 6.42 Å². The maximum atomic E-state index is 11.2. The molecule has 0 amide bonds. The lowest BCUT2D eigenvalue weighted by molar-refractivity contribution is -0.139. The molecule has 1 N–H and O–H groups in total. The van der Waals surface area contributed by atoms with E-state index in [1.165, 1.54) is 24.5 Å². The molecular weight excluding hydrogens is 186 g/mol. The zero-order valence-electron chi connectivity index (χ0n) is 7.14. The summed E-state index contributed by atoms with van der Waals surface area (Å²) in [5, 5.41) is 8.29. The van der Waals surface area contributed by atoms with Crippen molar-refractivity contribution in [2.45, 2.75) is 6.42 Å². The first kappa shape index (κ1) is 10.0. The number of carbonyl (C=O) groups excluding carboxylic acids is 2. The Morgan fingerprint density at radius 2 is 2.07 bits per heavy atom. The van der Waals surface area contributed by atoms with E-state index in [9.17, 15) is 14.4 Å². The first-order chi connectivity index (χ1) is 6.61. The Labute approximate surface area is 79.4 Å². The van der Waals surface area contributed by atoms with Gasteiger partial charge in [0.2, 0.25) is 11.6 Å². The number of aromatic nitrogens is 1. The summed E-state index contributed by atoms with van der Waals surface area (Å²) in [5.74, 6) is -3.07. The Morgan fingerprint density at radius 1 is 1.36 bits per heavy atom. The van der Waals surface area contributed by atoms with Gasteiger partial charge < -0.3 is 5.11 Å². The molecule has 0 radical (unpaired) electrons. The predicted octanol–water partition coefficient (Wildman–Crippen LogP) is 0.308. The number of carbonyl (C=O) groups is 3. The third kappa shape index (κ3) is 2.48. The van der Waals surface area contributed by atoms with Crippen molar-refractivity contribution < 1.29 is 19.5 Å². The van der Waals surface area contributed by atoms with Gasteiger partial charge in [0.05, 0.1) is 0 Å². The van der Waals surface area contributed by atoms with Crippen LogP contribution in [0.25, 0.3) is 0 Å². The number of ketones is 2. The Morgan fingerprint density at radius 3 is 2.57 bits per heavy atom. The Balaban J connectivity index is 2.76. The zero-order chi connectivity index (χ0) is 10.6. The number of aliphatic carboxylic acids is 1. The van der Waals surface area contributed by atoms with Crippen molar-refractivity contribution in [2.75, 3.05) is 0 Å². The van der Waals surface area contributed by atoms with E-state index in [0.717, 1.165) is 0 Å². The van der Waals surface area contributed by atoms with E-state index in [2.05, 4.69) is 4.98 Å². The van der Waals surface area contributed by atoms with E-state index in [1.807, 2.05) is 0 Å². The maximum absolute atomic E-state index is 11.2. The molecule has 0 saturated heterocycles. The maximum Gasteiger partial charge on any atom is 0.311 e. The second-order valence-electron chi connectivity index (χ2n) is 2.56. The minimum absolute atomic E-state index is 0.110. The second kappa shape index (κ2) is 4.27. The molecule has 0 aliphatic rings. The van der Waals surface area contributed by atoms with E-state index in [4.69, 9.17) is 5.11 Å². The molecule has 0 fully saturated rings. The standard InChI is InChI=1S/C9H7NO4/c11-7(4-8(12)13)9(14)6-2-1-3-10-5-6/h1-3,5H,4H2,(H,12,13). The molecule has 0 aromatic carbocycles. The van der Waals surface area contributed by atoms with Crippen LogP contribution >= 0.6 is 0 Å². The third-order valence-electron chi connectivity index (χ3n) is 1.49. The molecule has 5 heteroatoms. The molecule has 0 atom stereocenters. The van der Waals surface area contributed by atoms with Gasteiger partial charge >= 0.3 is 5.97 Å². The van der Waals surface area contributed by atoms with Crippen LogP contribution in [0.3, 0.4) is 0 Å². The molecule has 5 nitrogen and oxygen atoms in total. The first-order valence-electron chi connectivity index (χ1n) is 3.80. The molecular formula is C9H7NO4. The van der Waals surface area contributed by atoms with Crippen LogP contribution < -0.4 is 0 Å². The minimum atomic E-state index is -1.31. The summed E-state index contributed by atoms with van der Waals surface area (Å²) in [7, 11) is 0. The van der Waals surface area contributed by atoms with Gasteiger partial charge in [-0.15, -0.1) is 0 Å². The lowest BCUT2D eigenvalue weighted by Gasteiger charge is -1.96. The average molecular weight is 193 g/mol. The molecule has 72 valence electrons. The summed E-state index contributed by atoms with van der Waals surface area (Å²) in [6.45, 7) is 0. The predicted molar refractivity (Wildman–Crippen MR) is 45.8 cm³/mol. The van der Waals surface area contributed by atoms with Crippen LogP contribution in [-0.2, 0) is 9.59 Å². The van der Waals surface area contributed by atoms with Crippen molar-refractivity contribution in [3.8, 4) is 0 Å². The quantitative estimate of drug-likeness (QED) is 0.422. The van der Waals surface area contributed by atoms with Crippen LogP contribution in [0, 0.1) is 0 Å². The normalized spacial score (nSPS) is 9.43. The van der Waals surface area contributed by atoms with Crippen LogP contribution in [0.15, 0.2) is 24.5 Å². The van der Waals surface area contributed by atoms with Crippen molar-refractivity contribution in [3.63, 3.8) is 0 Å². The number of nitrogens with zero attached hydrogens (tertiary/aromatic N) is 1. The van der Waals surface area contributed by atoms with E-state index in [1.54, 1.807) is 0 Å². The van der Waals surface area contributed by atoms with Crippen molar-refractivity contribution in [2.24, 2.45) is 0 Å². The highest BCUT2D eigenvalue weighted by Crippen LogP contribution is 2.00. The first-order valence-corrected chi connectivity index (χ1v) is 3.80. The number of pyridine rings is 1. The number of rotatable bonds is 4. The van der Waals surface area contributed by atoms with Gasteiger partial charge in [0, 0.05) is 18.0 Å². The fourth-order valence-electron chi connectivity index (χ4n) is 0.876. The third-order valence-corrected chi connectivity index (χ3v) is 1.49. The molecule has 0 aliphatic carbocycles. The summed E-state index contributed by atoms with van der Waals surface area (Å²) >= 11 is 0. The SMILES string of the molecule is O=C(O)CC(=O)C(=O)c1cccnc1. The Bertz CT molecular complexity index is 372. The zero-order valence-corrected chi connectivity index (χ0v) is 7.14.